The van der Waals surface area contributed by atoms with Gasteiger partial charge in [-0.3, -0.25) is 9.59 Å². The van der Waals surface area contributed by atoms with Crippen molar-refractivity contribution < 1.29 is 19.1 Å². The number of nitrogens with two attached hydrogens (primary N) is 1. The number of nitrogens with one attached hydrogen (secondary N) is 1. The maximum absolute atomic E-state index is 12.5. The van der Waals surface area contributed by atoms with Crippen molar-refractivity contribution in [1.29, 1.82) is 5.26 Å². The van der Waals surface area contributed by atoms with Crippen LogP contribution in [-0.4, -0.2) is 25.0 Å². The lowest BCUT2D eigenvalue weighted by Crippen LogP contribution is -2.20. The molecular formula is C21H20BrN3O4. The molecule has 2 amide bonds. The first kappa shape index (κ1) is 22.0. The fourth-order valence-corrected chi connectivity index (χ4v) is 2.94. The van der Waals surface area contributed by atoms with Crippen LogP contribution in [-0.2, 0) is 9.59 Å². The SMILES string of the molecule is CCOc1cc(/C=C(\C#N)C(=O)Nc2ccc(C)cc2)cc(Br)c1OCC(N)=O. The summed E-state index contributed by atoms with van der Waals surface area (Å²) in [5.74, 6) is -0.488. The van der Waals surface area contributed by atoms with Crippen molar-refractivity contribution in [3.05, 3.63) is 57.6 Å². The molecule has 0 bridgehead atoms. The van der Waals surface area contributed by atoms with E-state index in [-0.39, 0.29) is 12.2 Å². The number of benzene rings is 2. The molecule has 0 aliphatic carbocycles. The van der Waals surface area contributed by atoms with E-state index in [0.29, 0.717) is 33.8 Å². The maximum atomic E-state index is 12.5. The second kappa shape index (κ2) is 10.3. The standard InChI is InChI=1S/C21H20BrN3O4/c1-3-28-18-10-14(9-17(22)20(18)29-12-19(24)26)8-15(11-23)21(27)25-16-6-4-13(2)5-7-16/h4-10H,3,12H2,1-2H3,(H2,24,26)(H,25,27)/b15-8+. The van der Waals surface area contributed by atoms with Crippen LogP contribution in [0.1, 0.15) is 18.1 Å². The fourth-order valence-electron chi connectivity index (χ4n) is 2.37. The summed E-state index contributed by atoms with van der Waals surface area (Å²) in [7, 11) is 0. The monoisotopic (exact) mass is 457 g/mol. The molecule has 0 heterocycles. The zero-order valence-electron chi connectivity index (χ0n) is 16.0. The van der Waals surface area contributed by atoms with Crippen LogP contribution in [0.3, 0.4) is 0 Å². The van der Waals surface area contributed by atoms with Crippen molar-refractivity contribution in [3.63, 3.8) is 0 Å². The molecule has 0 saturated heterocycles. The quantitative estimate of drug-likeness (QED) is 0.464. The number of amides is 2. The third-order valence-corrected chi connectivity index (χ3v) is 4.27. The summed E-state index contributed by atoms with van der Waals surface area (Å²) in [5.41, 5.74) is 7.24. The fraction of sp³-hybridized carbons (Fsp3) is 0.190. The van der Waals surface area contributed by atoms with Gasteiger partial charge in [-0.15, -0.1) is 0 Å². The van der Waals surface area contributed by atoms with E-state index >= 15 is 0 Å². The van der Waals surface area contributed by atoms with Gasteiger partial charge in [-0.05, 0) is 65.7 Å². The van der Waals surface area contributed by atoms with Gasteiger partial charge in [-0.1, -0.05) is 17.7 Å². The molecule has 0 radical (unpaired) electrons. The molecule has 7 nitrogen and oxygen atoms in total. The second-order valence-electron chi connectivity index (χ2n) is 6.01. The molecule has 0 aliphatic rings. The Morgan fingerprint density at radius 1 is 1.24 bits per heavy atom. The number of rotatable bonds is 8. The number of nitriles is 1. The summed E-state index contributed by atoms with van der Waals surface area (Å²) >= 11 is 3.36. The Balaban J connectivity index is 2.31. The van der Waals surface area contributed by atoms with E-state index in [1.807, 2.05) is 25.1 Å². The van der Waals surface area contributed by atoms with Crippen molar-refractivity contribution in [3.8, 4) is 17.6 Å². The molecule has 0 atom stereocenters. The number of ether oxygens (including phenoxy) is 2. The van der Waals surface area contributed by atoms with Crippen LogP contribution in [0, 0.1) is 18.3 Å². The zero-order valence-corrected chi connectivity index (χ0v) is 17.6. The summed E-state index contributed by atoms with van der Waals surface area (Å²) in [6.07, 6.45) is 1.44. The molecule has 3 N–H and O–H groups in total. The van der Waals surface area contributed by atoms with E-state index in [1.165, 1.54) is 6.08 Å². The third-order valence-electron chi connectivity index (χ3n) is 3.68. The van der Waals surface area contributed by atoms with E-state index in [4.69, 9.17) is 15.2 Å². The molecule has 0 saturated carbocycles. The Kier molecular flexibility index (Phi) is 7.80. The van der Waals surface area contributed by atoms with Gasteiger partial charge in [-0.2, -0.15) is 5.26 Å². The number of primary amides is 1. The van der Waals surface area contributed by atoms with Crippen molar-refractivity contribution in [2.45, 2.75) is 13.8 Å². The van der Waals surface area contributed by atoms with E-state index < -0.39 is 11.8 Å². The molecule has 0 aliphatic heterocycles. The Bertz CT molecular complexity index is 979. The highest BCUT2D eigenvalue weighted by Crippen LogP contribution is 2.37. The summed E-state index contributed by atoms with van der Waals surface area (Å²) in [6, 6.07) is 12.4. The predicted octanol–water partition coefficient (Wildman–Crippen LogP) is 3.57. The summed E-state index contributed by atoms with van der Waals surface area (Å²) in [6.45, 7) is 3.78. The van der Waals surface area contributed by atoms with Crippen LogP contribution >= 0.6 is 15.9 Å². The zero-order chi connectivity index (χ0) is 21.4. The average molecular weight is 458 g/mol. The Morgan fingerprint density at radius 2 is 1.93 bits per heavy atom. The van der Waals surface area contributed by atoms with Crippen LogP contribution in [0.5, 0.6) is 11.5 Å². The van der Waals surface area contributed by atoms with Crippen molar-refractivity contribution in [2.75, 3.05) is 18.5 Å². The molecular weight excluding hydrogens is 438 g/mol. The van der Waals surface area contributed by atoms with Gasteiger partial charge in [0.25, 0.3) is 11.8 Å². The largest absolute Gasteiger partial charge is 0.490 e. The van der Waals surface area contributed by atoms with Gasteiger partial charge < -0.3 is 20.5 Å². The lowest BCUT2D eigenvalue weighted by Gasteiger charge is -2.14. The lowest BCUT2D eigenvalue weighted by atomic mass is 10.1. The minimum absolute atomic E-state index is 0.0780. The highest BCUT2D eigenvalue weighted by Gasteiger charge is 2.15. The minimum atomic E-state index is -0.622. The van der Waals surface area contributed by atoms with E-state index in [9.17, 15) is 14.9 Å². The van der Waals surface area contributed by atoms with E-state index in [0.717, 1.165) is 5.56 Å². The molecule has 0 fully saturated rings. The van der Waals surface area contributed by atoms with Crippen molar-refractivity contribution in [2.24, 2.45) is 5.73 Å². The van der Waals surface area contributed by atoms with Crippen molar-refractivity contribution in [1.82, 2.24) is 0 Å². The molecule has 0 unspecified atom stereocenters. The molecule has 150 valence electrons. The topological polar surface area (TPSA) is 114 Å². The van der Waals surface area contributed by atoms with Crippen molar-refractivity contribution >= 4 is 39.5 Å². The predicted molar refractivity (Wildman–Crippen MR) is 113 cm³/mol. The molecule has 2 aromatic carbocycles. The molecule has 8 heteroatoms. The van der Waals surface area contributed by atoms with Crippen LogP contribution < -0.4 is 20.5 Å². The number of anilines is 1. The number of halogens is 1. The number of hydrogen-bond donors (Lipinski definition) is 2. The molecule has 0 aromatic heterocycles. The van der Waals surface area contributed by atoms with Gasteiger partial charge in [0, 0.05) is 5.69 Å². The van der Waals surface area contributed by atoms with Gasteiger partial charge in [0.2, 0.25) is 0 Å². The Labute approximate surface area is 177 Å². The molecule has 0 spiro atoms. The maximum Gasteiger partial charge on any atom is 0.266 e. The smallest absolute Gasteiger partial charge is 0.266 e. The number of aryl methyl sites for hydroxylation is 1. The minimum Gasteiger partial charge on any atom is -0.490 e. The Morgan fingerprint density at radius 3 is 2.52 bits per heavy atom. The van der Waals surface area contributed by atoms with Crippen LogP contribution in [0.25, 0.3) is 6.08 Å². The van der Waals surface area contributed by atoms with E-state index in [2.05, 4.69) is 21.2 Å². The highest BCUT2D eigenvalue weighted by molar-refractivity contribution is 9.10. The molecule has 2 aromatic rings. The molecule has 2 rings (SSSR count). The summed E-state index contributed by atoms with van der Waals surface area (Å²) < 4.78 is 11.4. The number of hydrogen-bond acceptors (Lipinski definition) is 5. The Hall–Kier alpha value is -3.31. The number of carbonyl (C=O) groups excluding carboxylic acids is 2. The number of carbonyl (C=O) groups is 2. The second-order valence-corrected chi connectivity index (χ2v) is 6.86. The van der Waals surface area contributed by atoms with Gasteiger partial charge >= 0.3 is 0 Å². The van der Waals surface area contributed by atoms with Crippen LogP contribution in [0.15, 0.2) is 46.4 Å². The van der Waals surface area contributed by atoms with Gasteiger partial charge in [0.1, 0.15) is 11.6 Å². The summed E-state index contributed by atoms with van der Waals surface area (Å²) in [4.78, 5) is 23.5. The highest BCUT2D eigenvalue weighted by atomic mass is 79.9. The van der Waals surface area contributed by atoms with Gasteiger partial charge in [-0.25, -0.2) is 0 Å². The third kappa shape index (κ3) is 6.36. The van der Waals surface area contributed by atoms with Crippen LogP contribution in [0.4, 0.5) is 5.69 Å². The first-order valence-electron chi connectivity index (χ1n) is 8.71. The lowest BCUT2D eigenvalue weighted by molar-refractivity contribution is -0.120. The van der Waals surface area contributed by atoms with Crippen LogP contribution in [0.2, 0.25) is 0 Å². The average Bonchev–Trinajstić information content (AvgIpc) is 2.67. The summed E-state index contributed by atoms with van der Waals surface area (Å²) in [5, 5.41) is 12.1. The first-order chi connectivity index (χ1) is 13.8. The molecule has 29 heavy (non-hydrogen) atoms. The normalized spacial score (nSPS) is 10.8. The van der Waals surface area contributed by atoms with E-state index in [1.54, 1.807) is 31.2 Å². The first-order valence-corrected chi connectivity index (χ1v) is 9.50. The van der Waals surface area contributed by atoms with Gasteiger partial charge in [0.15, 0.2) is 18.1 Å². The number of nitrogens with zero attached hydrogens (tertiary/aromatic N) is 1. The van der Waals surface area contributed by atoms with Gasteiger partial charge in [0.05, 0.1) is 11.1 Å².